The molecule has 0 saturated heterocycles. The highest BCUT2D eigenvalue weighted by molar-refractivity contribution is 5.86. The van der Waals surface area contributed by atoms with E-state index in [4.69, 9.17) is 10.5 Å². The molecule has 0 aliphatic heterocycles. The zero-order valence-electron chi connectivity index (χ0n) is 11.6. The first kappa shape index (κ1) is 13.5. The monoisotopic (exact) mass is 282 g/mol. The minimum absolute atomic E-state index is 0.195. The van der Waals surface area contributed by atoms with E-state index in [1.165, 1.54) is 6.07 Å². The maximum Gasteiger partial charge on any atom is 0.165 e. The summed E-state index contributed by atoms with van der Waals surface area (Å²) >= 11 is 0. The van der Waals surface area contributed by atoms with Crippen LogP contribution in [0.1, 0.15) is 11.1 Å². The number of rotatable bonds is 3. The Morgan fingerprint density at radius 1 is 1.19 bits per heavy atom. The minimum atomic E-state index is -0.399. The highest BCUT2D eigenvalue weighted by Crippen LogP contribution is 2.33. The van der Waals surface area contributed by atoms with Gasteiger partial charge in [-0.1, -0.05) is 18.2 Å². The van der Waals surface area contributed by atoms with Crippen molar-refractivity contribution in [2.45, 2.75) is 13.5 Å². The molecule has 0 spiro atoms. The van der Waals surface area contributed by atoms with Gasteiger partial charge in [-0.25, -0.2) is 4.39 Å². The highest BCUT2D eigenvalue weighted by Gasteiger charge is 2.12. The summed E-state index contributed by atoms with van der Waals surface area (Å²) < 4.78 is 19.7. The maximum absolute atomic E-state index is 13.9. The van der Waals surface area contributed by atoms with Crippen molar-refractivity contribution in [2.24, 2.45) is 5.73 Å². The predicted molar refractivity (Wildman–Crippen MR) is 80.8 cm³/mol. The van der Waals surface area contributed by atoms with Crippen molar-refractivity contribution in [1.82, 2.24) is 4.98 Å². The van der Waals surface area contributed by atoms with Crippen LogP contribution in [0.25, 0.3) is 10.9 Å². The van der Waals surface area contributed by atoms with Crippen LogP contribution in [0, 0.1) is 12.7 Å². The summed E-state index contributed by atoms with van der Waals surface area (Å²) in [7, 11) is 0. The van der Waals surface area contributed by atoms with E-state index >= 15 is 0 Å². The Balaban J connectivity index is 2.16. The predicted octanol–water partition coefficient (Wildman–Crippen LogP) is 3.93. The second-order valence-corrected chi connectivity index (χ2v) is 4.87. The number of nitrogens with two attached hydrogens (primary N) is 1. The first-order valence-corrected chi connectivity index (χ1v) is 6.69. The van der Waals surface area contributed by atoms with E-state index in [9.17, 15) is 4.39 Å². The number of aromatic nitrogens is 1. The van der Waals surface area contributed by atoms with E-state index in [2.05, 4.69) is 4.98 Å². The molecule has 0 atom stereocenters. The molecule has 0 amide bonds. The van der Waals surface area contributed by atoms with Crippen LogP contribution in [0.3, 0.4) is 0 Å². The molecule has 3 rings (SSSR count). The van der Waals surface area contributed by atoms with Gasteiger partial charge in [0.05, 0.1) is 5.52 Å². The number of pyridine rings is 1. The summed E-state index contributed by atoms with van der Waals surface area (Å²) in [6, 6.07) is 12.3. The molecule has 0 unspecified atom stereocenters. The van der Waals surface area contributed by atoms with E-state index in [0.717, 1.165) is 22.0 Å². The Kier molecular flexibility index (Phi) is 3.54. The molecule has 106 valence electrons. The normalized spacial score (nSPS) is 10.8. The summed E-state index contributed by atoms with van der Waals surface area (Å²) in [4.78, 5) is 4.34. The summed E-state index contributed by atoms with van der Waals surface area (Å²) in [5, 5.41) is 0.821. The topological polar surface area (TPSA) is 48.1 Å². The molecule has 4 heteroatoms. The quantitative estimate of drug-likeness (QED) is 0.791. The fourth-order valence-corrected chi connectivity index (χ4v) is 2.22. The van der Waals surface area contributed by atoms with Crippen LogP contribution in [0.2, 0.25) is 0 Å². The highest BCUT2D eigenvalue weighted by atomic mass is 19.1. The lowest BCUT2D eigenvalue weighted by molar-refractivity contribution is 0.441. The van der Waals surface area contributed by atoms with Crippen LogP contribution in [-0.4, -0.2) is 4.98 Å². The third kappa shape index (κ3) is 2.58. The Labute approximate surface area is 122 Å². The van der Waals surface area contributed by atoms with Gasteiger partial charge in [0.25, 0.3) is 0 Å². The third-order valence-electron chi connectivity index (χ3n) is 3.32. The van der Waals surface area contributed by atoms with E-state index in [1.54, 1.807) is 18.3 Å². The van der Waals surface area contributed by atoms with Crippen LogP contribution in [0.4, 0.5) is 4.39 Å². The first-order valence-electron chi connectivity index (χ1n) is 6.69. The SMILES string of the molecule is Cc1ccc(F)c(Oc2c(CN)cnc3ccccc23)c1. The van der Waals surface area contributed by atoms with Gasteiger partial charge in [0.1, 0.15) is 5.75 Å². The van der Waals surface area contributed by atoms with Crippen molar-refractivity contribution in [3.05, 3.63) is 65.6 Å². The molecule has 1 aromatic heterocycles. The average molecular weight is 282 g/mol. The van der Waals surface area contributed by atoms with E-state index in [1.807, 2.05) is 31.2 Å². The van der Waals surface area contributed by atoms with Gasteiger partial charge in [0, 0.05) is 23.7 Å². The van der Waals surface area contributed by atoms with Gasteiger partial charge in [-0.15, -0.1) is 0 Å². The molecule has 0 fully saturated rings. The second kappa shape index (κ2) is 5.50. The molecule has 21 heavy (non-hydrogen) atoms. The number of hydrogen-bond donors (Lipinski definition) is 1. The molecule has 0 bridgehead atoms. The standard InChI is InChI=1S/C17H15FN2O/c1-11-6-7-14(18)16(8-11)21-17-12(9-19)10-20-15-5-3-2-4-13(15)17/h2-8,10H,9,19H2,1H3. The van der Waals surface area contributed by atoms with Crippen molar-refractivity contribution in [3.63, 3.8) is 0 Å². The molecule has 2 N–H and O–H groups in total. The Morgan fingerprint density at radius 3 is 2.81 bits per heavy atom. The molecule has 0 radical (unpaired) electrons. The molecule has 3 nitrogen and oxygen atoms in total. The smallest absolute Gasteiger partial charge is 0.165 e. The number of fused-ring (bicyclic) bond motifs is 1. The summed E-state index contributed by atoms with van der Waals surface area (Å²) in [6.07, 6.45) is 1.67. The van der Waals surface area contributed by atoms with Gasteiger partial charge >= 0.3 is 0 Å². The van der Waals surface area contributed by atoms with Gasteiger partial charge in [-0.3, -0.25) is 4.98 Å². The number of benzene rings is 2. The molecule has 0 saturated carbocycles. The Morgan fingerprint density at radius 2 is 2.00 bits per heavy atom. The number of ether oxygens (including phenoxy) is 1. The molecule has 0 aliphatic rings. The number of halogens is 1. The van der Waals surface area contributed by atoms with E-state index in [0.29, 0.717) is 5.75 Å². The Hall–Kier alpha value is -2.46. The molecule has 2 aromatic carbocycles. The van der Waals surface area contributed by atoms with E-state index < -0.39 is 5.82 Å². The van der Waals surface area contributed by atoms with Gasteiger partial charge in [0.2, 0.25) is 0 Å². The van der Waals surface area contributed by atoms with Crippen LogP contribution in [0.5, 0.6) is 11.5 Å². The third-order valence-corrected chi connectivity index (χ3v) is 3.32. The largest absolute Gasteiger partial charge is 0.453 e. The lowest BCUT2D eigenvalue weighted by Crippen LogP contribution is -2.02. The van der Waals surface area contributed by atoms with Crippen LogP contribution >= 0.6 is 0 Å². The number of nitrogens with zero attached hydrogens (tertiary/aromatic N) is 1. The summed E-state index contributed by atoms with van der Waals surface area (Å²) in [5.74, 6) is 0.359. The lowest BCUT2D eigenvalue weighted by Gasteiger charge is -2.13. The van der Waals surface area contributed by atoms with Crippen molar-refractivity contribution >= 4 is 10.9 Å². The number of hydrogen-bond acceptors (Lipinski definition) is 3. The molecular weight excluding hydrogens is 267 g/mol. The maximum atomic E-state index is 13.9. The van der Waals surface area contributed by atoms with Gasteiger partial charge < -0.3 is 10.5 Å². The van der Waals surface area contributed by atoms with E-state index in [-0.39, 0.29) is 12.3 Å². The average Bonchev–Trinajstić information content (AvgIpc) is 2.51. The first-order chi connectivity index (χ1) is 10.2. The van der Waals surface area contributed by atoms with Crippen molar-refractivity contribution in [1.29, 1.82) is 0 Å². The van der Waals surface area contributed by atoms with Crippen LogP contribution in [-0.2, 0) is 6.54 Å². The Bertz CT molecular complexity index is 802. The molecule has 1 heterocycles. The van der Waals surface area contributed by atoms with Crippen LogP contribution in [0.15, 0.2) is 48.7 Å². The number of para-hydroxylation sites is 1. The molecule has 0 aliphatic carbocycles. The van der Waals surface area contributed by atoms with Crippen molar-refractivity contribution < 1.29 is 9.13 Å². The fraction of sp³-hybridized carbons (Fsp3) is 0.118. The van der Waals surface area contributed by atoms with Gasteiger partial charge in [-0.05, 0) is 36.8 Å². The summed E-state index contributed by atoms with van der Waals surface area (Å²) in [5.41, 5.74) is 8.21. The van der Waals surface area contributed by atoms with Gasteiger partial charge in [-0.2, -0.15) is 0 Å². The van der Waals surface area contributed by atoms with Crippen LogP contribution < -0.4 is 10.5 Å². The number of aryl methyl sites for hydroxylation is 1. The van der Waals surface area contributed by atoms with Gasteiger partial charge in [0.15, 0.2) is 11.6 Å². The second-order valence-electron chi connectivity index (χ2n) is 4.87. The lowest BCUT2D eigenvalue weighted by atomic mass is 10.1. The van der Waals surface area contributed by atoms with Crippen molar-refractivity contribution in [3.8, 4) is 11.5 Å². The zero-order valence-corrected chi connectivity index (χ0v) is 11.6. The molecule has 3 aromatic rings. The summed E-state index contributed by atoms with van der Waals surface area (Å²) in [6.45, 7) is 2.17. The molecular formula is C17H15FN2O. The fourth-order valence-electron chi connectivity index (χ4n) is 2.22. The van der Waals surface area contributed by atoms with Crippen molar-refractivity contribution in [2.75, 3.05) is 0 Å². The zero-order chi connectivity index (χ0) is 14.8. The minimum Gasteiger partial charge on any atom is -0.453 e.